The molecule has 0 saturated heterocycles. The Morgan fingerprint density at radius 1 is 1.29 bits per heavy atom. The highest BCUT2D eigenvalue weighted by molar-refractivity contribution is 6.31. The van der Waals surface area contributed by atoms with E-state index in [0.29, 0.717) is 35.2 Å². The molecule has 24 heavy (non-hydrogen) atoms. The van der Waals surface area contributed by atoms with Gasteiger partial charge in [-0.25, -0.2) is 0 Å². The third-order valence-electron chi connectivity index (χ3n) is 3.83. The number of amides is 2. The highest BCUT2D eigenvalue weighted by atomic mass is 35.5. The zero-order valence-corrected chi connectivity index (χ0v) is 14.0. The number of nitrogens with one attached hydrogen (secondary N) is 1. The molecule has 1 aliphatic heterocycles. The first-order valence-corrected chi connectivity index (χ1v) is 7.98. The maximum Gasteiger partial charge on any atom is 0.257 e. The Bertz CT molecular complexity index is 792. The van der Waals surface area contributed by atoms with Crippen LogP contribution in [0.3, 0.4) is 0 Å². The summed E-state index contributed by atoms with van der Waals surface area (Å²) in [6, 6.07) is 12.3. The lowest BCUT2D eigenvalue weighted by atomic mass is 10.1. The second-order valence-electron chi connectivity index (χ2n) is 5.60. The molecule has 0 unspecified atom stereocenters. The second kappa shape index (κ2) is 6.93. The Morgan fingerprint density at radius 3 is 2.88 bits per heavy atom. The molecule has 0 aromatic heterocycles. The Hall–Kier alpha value is -2.53. The summed E-state index contributed by atoms with van der Waals surface area (Å²) in [6.45, 7) is 0.981. The minimum absolute atomic E-state index is 0.121. The van der Waals surface area contributed by atoms with Crippen LogP contribution in [0.15, 0.2) is 42.5 Å². The molecule has 0 radical (unpaired) electrons. The van der Waals surface area contributed by atoms with E-state index in [2.05, 4.69) is 5.32 Å². The van der Waals surface area contributed by atoms with Gasteiger partial charge in [0.1, 0.15) is 12.4 Å². The van der Waals surface area contributed by atoms with Gasteiger partial charge in [-0.1, -0.05) is 29.8 Å². The molecule has 2 amide bonds. The number of carbonyl (C=O) groups is 2. The van der Waals surface area contributed by atoms with Crippen molar-refractivity contribution >= 4 is 29.1 Å². The van der Waals surface area contributed by atoms with Gasteiger partial charge < -0.3 is 15.0 Å². The van der Waals surface area contributed by atoms with Crippen LogP contribution in [0.1, 0.15) is 15.9 Å². The summed E-state index contributed by atoms with van der Waals surface area (Å²) in [4.78, 5) is 26.1. The smallest absolute Gasteiger partial charge is 0.257 e. The van der Waals surface area contributed by atoms with Crippen LogP contribution >= 0.6 is 11.6 Å². The average molecular weight is 345 g/mol. The van der Waals surface area contributed by atoms with Crippen molar-refractivity contribution in [3.8, 4) is 5.75 Å². The Morgan fingerprint density at radius 2 is 2.08 bits per heavy atom. The van der Waals surface area contributed by atoms with Crippen LogP contribution in [0.25, 0.3) is 0 Å². The first-order chi connectivity index (χ1) is 11.5. The first kappa shape index (κ1) is 16.3. The molecule has 0 saturated carbocycles. The van der Waals surface area contributed by atoms with Crippen LogP contribution < -0.4 is 10.1 Å². The summed E-state index contributed by atoms with van der Waals surface area (Å²) < 4.78 is 5.57. The molecular weight excluding hydrogens is 328 g/mol. The highest BCUT2D eigenvalue weighted by Crippen LogP contribution is 2.26. The zero-order valence-electron chi connectivity index (χ0n) is 13.2. The standard InChI is InChI=1S/C18H17ClN2O3/c1-21-8-9-24-16-7-6-13(11-14(16)18(21)23)20-17(22)10-12-4-2-3-5-15(12)19/h2-7,11H,8-10H2,1H3,(H,20,22). The molecule has 3 rings (SSSR count). The van der Waals surface area contributed by atoms with Crippen molar-refractivity contribution in [3.63, 3.8) is 0 Å². The van der Waals surface area contributed by atoms with Gasteiger partial charge in [0.05, 0.1) is 18.5 Å². The average Bonchev–Trinajstić information content (AvgIpc) is 2.70. The van der Waals surface area contributed by atoms with Gasteiger partial charge in [0.2, 0.25) is 5.91 Å². The first-order valence-electron chi connectivity index (χ1n) is 7.60. The predicted molar refractivity (Wildman–Crippen MR) is 92.7 cm³/mol. The number of hydrogen-bond donors (Lipinski definition) is 1. The fourth-order valence-electron chi connectivity index (χ4n) is 2.52. The van der Waals surface area contributed by atoms with Crippen LogP contribution in [-0.4, -0.2) is 36.9 Å². The molecule has 124 valence electrons. The van der Waals surface area contributed by atoms with Crippen molar-refractivity contribution in [1.29, 1.82) is 0 Å². The van der Waals surface area contributed by atoms with Gasteiger partial charge in [0, 0.05) is 17.8 Å². The van der Waals surface area contributed by atoms with Crippen LogP contribution in [-0.2, 0) is 11.2 Å². The number of fused-ring (bicyclic) bond motifs is 1. The van der Waals surface area contributed by atoms with Crippen LogP contribution in [0.5, 0.6) is 5.75 Å². The molecular formula is C18H17ClN2O3. The normalized spacial score (nSPS) is 13.8. The Balaban J connectivity index is 1.76. The van der Waals surface area contributed by atoms with E-state index in [0.717, 1.165) is 5.56 Å². The van der Waals surface area contributed by atoms with Gasteiger partial charge in [-0.2, -0.15) is 0 Å². The molecule has 5 nitrogen and oxygen atoms in total. The molecule has 0 fully saturated rings. The largest absolute Gasteiger partial charge is 0.491 e. The molecule has 1 aliphatic rings. The molecule has 0 atom stereocenters. The maximum atomic E-state index is 12.3. The molecule has 0 aliphatic carbocycles. The van der Waals surface area contributed by atoms with Crippen molar-refractivity contribution < 1.29 is 14.3 Å². The van der Waals surface area contributed by atoms with Crippen molar-refractivity contribution in [3.05, 3.63) is 58.6 Å². The zero-order chi connectivity index (χ0) is 17.1. The van der Waals surface area contributed by atoms with Crippen molar-refractivity contribution in [2.24, 2.45) is 0 Å². The third kappa shape index (κ3) is 3.51. The molecule has 1 heterocycles. The van der Waals surface area contributed by atoms with E-state index in [1.165, 1.54) is 0 Å². The number of halogens is 1. The van der Waals surface area contributed by atoms with Crippen LogP contribution in [0, 0.1) is 0 Å². The molecule has 6 heteroatoms. The van der Waals surface area contributed by atoms with Crippen LogP contribution in [0.4, 0.5) is 5.69 Å². The van der Waals surface area contributed by atoms with Gasteiger partial charge in [0.15, 0.2) is 0 Å². The van der Waals surface area contributed by atoms with Gasteiger partial charge in [-0.3, -0.25) is 9.59 Å². The monoisotopic (exact) mass is 344 g/mol. The minimum atomic E-state index is -0.196. The van der Waals surface area contributed by atoms with Crippen molar-refractivity contribution in [2.75, 3.05) is 25.5 Å². The molecule has 1 N–H and O–H groups in total. The van der Waals surface area contributed by atoms with E-state index in [1.807, 2.05) is 18.2 Å². The fourth-order valence-corrected chi connectivity index (χ4v) is 2.72. The van der Waals surface area contributed by atoms with Gasteiger partial charge in [-0.15, -0.1) is 0 Å². The summed E-state index contributed by atoms with van der Waals surface area (Å²) in [5.41, 5.74) is 1.76. The second-order valence-corrected chi connectivity index (χ2v) is 6.01. The lowest BCUT2D eigenvalue weighted by Gasteiger charge is -2.13. The van der Waals surface area contributed by atoms with E-state index < -0.39 is 0 Å². The van der Waals surface area contributed by atoms with Gasteiger partial charge >= 0.3 is 0 Å². The number of likely N-dealkylation sites (N-methyl/N-ethyl adjacent to an activating group) is 1. The Kier molecular flexibility index (Phi) is 4.71. The molecule has 0 spiro atoms. The van der Waals surface area contributed by atoms with E-state index in [-0.39, 0.29) is 18.2 Å². The summed E-state index contributed by atoms with van der Waals surface area (Å²) >= 11 is 6.07. The number of benzene rings is 2. The molecule has 0 bridgehead atoms. The number of nitrogens with zero attached hydrogens (tertiary/aromatic N) is 1. The summed E-state index contributed by atoms with van der Waals surface area (Å²) in [5.74, 6) is 0.219. The van der Waals surface area contributed by atoms with Gasteiger partial charge in [0.25, 0.3) is 5.91 Å². The van der Waals surface area contributed by atoms with Crippen molar-refractivity contribution in [2.45, 2.75) is 6.42 Å². The van der Waals surface area contributed by atoms with E-state index >= 15 is 0 Å². The number of carbonyl (C=O) groups excluding carboxylic acids is 2. The maximum absolute atomic E-state index is 12.3. The summed E-state index contributed by atoms with van der Waals surface area (Å²) in [6.07, 6.45) is 0.168. The SMILES string of the molecule is CN1CCOc2ccc(NC(=O)Cc3ccccc3Cl)cc2C1=O. The van der Waals surface area contributed by atoms with E-state index in [9.17, 15) is 9.59 Å². The lowest BCUT2D eigenvalue weighted by Crippen LogP contribution is -2.27. The third-order valence-corrected chi connectivity index (χ3v) is 4.20. The van der Waals surface area contributed by atoms with Crippen LogP contribution in [0.2, 0.25) is 5.02 Å². The lowest BCUT2D eigenvalue weighted by molar-refractivity contribution is -0.115. The summed E-state index contributed by atoms with van der Waals surface area (Å²) in [7, 11) is 1.73. The van der Waals surface area contributed by atoms with Gasteiger partial charge in [-0.05, 0) is 29.8 Å². The Labute approximate surface area is 145 Å². The van der Waals surface area contributed by atoms with E-state index in [4.69, 9.17) is 16.3 Å². The van der Waals surface area contributed by atoms with E-state index in [1.54, 1.807) is 36.2 Å². The minimum Gasteiger partial charge on any atom is -0.491 e. The topological polar surface area (TPSA) is 58.6 Å². The molecule has 2 aromatic carbocycles. The number of rotatable bonds is 3. The predicted octanol–water partition coefficient (Wildman–Crippen LogP) is 2.99. The molecule has 2 aromatic rings. The summed E-state index contributed by atoms with van der Waals surface area (Å²) in [5, 5.41) is 3.36. The number of hydrogen-bond acceptors (Lipinski definition) is 3. The number of anilines is 1. The van der Waals surface area contributed by atoms with Crippen molar-refractivity contribution in [1.82, 2.24) is 4.90 Å². The highest BCUT2D eigenvalue weighted by Gasteiger charge is 2.21. The number of ether oxygens (including phenoxy) is 1. The fraction of sp³-hybridized carbons (Fsp3) is 0.222. The quantitative estimate of drug-likeness (QED) is 0.931.